The maximum Gasteiger partial charge on any atom is 0.421 e. The van der Waals surface area contributed by atoms with Gasteiger partial charge >= 0.3 is 12.2 Å². The third-order valence-corrected chi connectivity index (χ3v) is 4.21. The predicted octanol–water partition coefficient (Wildman–Crippen LogP) is 5.24. The molecular weight excluding hydrogens is 383 g/mol. The summed E-state index contributed by atoms with van der Waals surface area (Å²) in [7, 11) is 1.46. The number of methoxy groups -OCH3 is 1. The highest BCUT2D eigenvalue weighted by molar-refractivity contribution is 5.69. The minimum Gasteiger partial charge on any atom is -0.495 e. The second-order valence-corrected chi connectivity index (χ2v) is 6.08. The van der Waals surface area contributed by atoms with Crippen molar-refractivity contribution in [3.05, 3.63) is 71.9 Å². The van der Waals surface area contributed by atoms with E-state index < -0.39 is 11.7 Å². The van der Waals surface area contributed by atoms with Gasteiger partial charge in [0.1, 0.15) is 17.9 Å². The van der Waals surface area contributed by atoms with Crippen LogP contribution in [0.5, 0.6) is 11.8 Å². The number of halogens is 3. The van der Waals surface area contributed by atoms with Gasteiger partial charge in [-0.05, 0) is 24.6 Å². The summed E-state index contributed by atoms with van der Waals surface area (Å²) in [4.78, 5) is 9.29. The molecular formula is C21H20F3N3O2. The summed E-state index contributed by atoms with van der Waals surface area (Å²) < 4.78 is 51.8. The second-order valence-electron chi connectivity index (χ2n) is 6.08. The fraction of sp³-hybridized carbons (Fsp3) is 0.238. The Morgan fingerprint density at radius 3 is 2.34 bits per heavy atom. The van der Waals surface area contributed by atoms with E-state index in [0.717, 1.165) is 11.8 Å². The molecule has 3 rings (SSSR count). The summed E-state index contributed by atoms with van der Waals surface area (Å²) in [6.45, 7) is 2.12. The molecule has 2 aromatic carbocycles. The van der Waals surface area contributed by atoms with E-state index in [1.807, 2.05) is 30.3 Å². The van der Waals surface area contributed by atoms with Crippen molar-refractivity contribution >= 4 is 11.5 Å². The molecule has 0 atom stereocenters. The van der Waals surface area contributed by atoms with Gasteiger partial charge in [0.05, 0.1) is 12.8 Å². The van der Waals surface area contributed by atoms with E-state index in [0.29, 0.717) is 11.4 Å². The lowest BCUT2D eigenvalue weighted by Gasteiger charge is -2.26. The number of benzene rings is 2. The van der Waals surface area contributed by atoms with Crippen LogP contribution in [0.25, 0.3) is 0 Å². The maximum absolute atomic E-state index is 13.6. The highest BCUT2D eigenvalue weighted by atomic mass is 19.4. The minimum absolute atomic E-state index is 0.134. The molecule has 1 heterocycles. The van der Waals surface area contributed by atoms with E-state index in [1.54, 1.807) is 31.2 Å². The highest BCUT2D eigenvalue weighted by Gasteiger charge is 2.37. The van der Waals surface area contributed by atoms with E-state index in [-0.39, 0.29) is 25.0 Å². The van der Waals surface area contributed by atoms with Crippen LogP contribution >= 0.6 is 0 Å². The lowest BCUT2D eigenvalue weighted by atomic mass is 10.2. The molecule has 0 bridgehead atoms. The number of hydrogen-bond donors (Lipinski definition) is 0. The van der Waals surface area contributed by atoms with Gasteiger partial charge in [0.15, 0.2) is 5.82 Å². The van der Waals surface area contributed by atoms with Crippen LogP contribution in [0.4, 0.5) is 24.7 Å². The Balaban J connectivity index is 2.01. The molecule has 152 valence electrons. The molecule has 0 amide bonds. The van der Waals surface area contributed by atoms with Crippen molar-refractivity contribution in [3.63, 3.8) is 0 Å². The maximum atomic E-state index is 13.6. The van der Waals surface area contributed by atoms with Crippen LogP contribution in [0.3, 0.4) is 0 Å². The van der Waals surface area contributed by atoms with Gasteiger partial charge in [-0.25, -0.2) is 4.98 Å². The molecule has 0 fully saturated rings. The van der Waals surface area contributed by atoms with Crippen LogP contribution in [-0.2, 0) is 12.8 Å². The van der Waals surface area contributed by atoms with Crippen molar-refractivity contribution in [2.75, 3.05) is 18.6 Å². The molecule has 8 heteroatoms. The standard InChI is InChI=1S/C21H20F3N3O2/c1-3-27(17-11-7-8-12-18(17)28-2)19-16(21(22,23)24)13-25-20(26-19)29-14-15-9-5-4-6-10-15/h4-13H,3,14H2,1-2H3. The Labute approximate surface area is 166 Å². The molecule has 0 saturated carbocycles. The zero-order valence-electron chi connectivity index (χ0n) is 16.0. The van der Waals surface area contributed by atoms with Crippen molar-refractivity contribution in [2.45, 2.75) is 19.7 Å². The van der Waals surface area contributed by atoms with Crippen LogP contribution in [-0.4, -0.2) is 23.6 Å². The number of aromatic nitrogens is 2. The summed E-state index contributed by atoms with van der Waals surface area (Å²) in [6.07, 6.45) is -3.87. The second kappa shape index (κ2) is 8.81. The van der Waals surface area contributed by atoms with Crippen molar-refractivity contribution in [1.82, 2.24) is 9.97 Å². The molecule has 0 saturated heterocycles. The first-order valence-corrected chi connectivity index (χ1v) is 8.95. The van der Waals surface area contributed by atoms with Gasteiger partial charge in [0.25, 0.3) is 0 Å². The Bertz CT molecular complexity index is 949. The van der Waals surface area contributed by atoms with Crippen LogP contribution in [0.15, 0.2) is 60.8 Å². The Hall–Kier alpha value is -3.29. The predicted molar refractivity (Wildman–Crippen MR) is 103 cm³/mol. The van der Waals surface area contributed by atoms with Gasteiger partial charge in [-0.1, -0.05) is 42.5 Å². The summed E-state index contributed by atoms with van der Waals surface area (Å²) in [6, 6.07) is 15.9. The first-order chi connectivity index (χ1) is 13.9. The first kappa shape index (κ1) is 20.4. The van der Waals surface area contributed by atoms with Crippen molar-refractivity contribution in [1.29, 1.82) is 0 Å². The quantitative estimate of drug-likeness (QED) is 0.540. The molecule has 3 aromatic rings. The third-order valence-electron chi connectivity index (χ3n) is 4.21. The molecule has 5 nitrogen and oxygen atoms in total. The first-order valence-electron chi connectivity index (χ1n) is 8.95. The smallest absolute Gasteiger partial charge is 0.421 e. The highest BCUT2D eigenvalue weighted by Crippen LogP contribution is 2.40. The Kier molecular flexibility index (Phi) is 6.21. The number of para-hydroxylation sites is 2. The number of ether oxygens (including phenoxy) is 2. The topological polar surface area (TPSA) is 47.5 Å². The molecule has 0 spiro atoms. The van der Waals surface area contributed by atoms with E-state index in [4.69, 9.17) is 9.47 Å². The summed E-state index contributed by atoms with van der Waals surface area (Å²) in [5.74, 6) is 0.149. The average Bonchev–Trinajstić information content (AvgIpc) is 2.73. The number of hydrogen-bond acceptors (Lipinski definition) is 5. The van der Waals surface area contributed by atoms with E-state index in [1.165, 1.54) is 12.0 Å². The van der Waals surface area contributed by atoms with Gasteiger partial charge in [-0.2, -0.15) is 18.2 Å². The SMILES string of the molecule is CCN(c1ccccc1OC)c1nc(OCc2ccccc2)ncc1C(F)(F)F. The van der Waals surface area contributed by atoms with Gasteiger partial charge in [-0.15, -0.1) is 0 Å². The number of rotatable bonds is 7. The van der Waals surface area contributed by atoms with E-state index in [2.05, 4.69) is 9.97 Å². The third kappa shape index (κ3) is 4.77. The monoisotopic (exact) mass is 403 g/mol. The molecule has 29 heavy (non-hydrogen) atoms. The normalized spacial score (nSPS) is 11.2. The molecule has 1 aromatic heterocycles. The van der Waals surface area contributed by atoms with E-state index in [9.17, 15) is 13.2 Å². The average molecular weight is 403 g/mol. The number of anilines is 2. The van der Waals surface area contributed by atoms with Gasteiger partial charge in [0.2, 0.25) is 0 Å². The summed E-state index contributed by atoms with van der Waals surface area (Å²) in [5.41, 5.74) is 0.377. The zero-order chi connectivity index (χ0) is 20.9. The van der Waals surface area contributed by atoms with Crippen LogP contribution in [0.1, 0.15) is 18.1 Å². The summed E-state index contributed by atoms with van der Waals surface area (Å²) >= 11 is 0. The molecule has 0 N–H and O–H groups in total. The number of alkyl halides is 3. The molecule has 0 aliphatic carbocycles. The molecule has 0 aliphatic heterocycles. The van der Waals surface area contributed by atoms with Gasteiger partial charge in [0, 0.05) is 12.7 Å². The molecule has 0 radical (unpaired) electrons. The fourth-order valence-electron chi connectivity index (χ4n) is 2.84. The number of nitrogens with zero attached hydrogens (tertiary/aromatic N) is 3. The fourth-order valence-corrected chi connectivity index (χ4v) is 2.84. The largest absolute Gasteiger partial charge is 0.495 e. The van der Waals surface area contributed by atoms with Crippen molar-refractivity contribution < 1.29 is 22.6 Å². The Morgan fingerprint density at radius 2 is 1.69 bits per heavy atom. The van der Waals surface area contributed by atoms with Crippen molar-refractivity contribution in [3.8, 4) is 11.8 Å². The lowest BCUT2D eigenvalue weighted by Crippen LogP contribution is -2.23. The zero-order valence-corrected chi connectivity index (χ0v) is 16.0. The Morgan fingerprint density at radius 1 is 1.00 bits per heavy atom. The summed E-state index contributed by atoms with van der Waals surface area (Å²) in [5, 5.41) is 0. The van der Waals surface area contributed by atoms with Crippen LogP contribution < -0.4 is 14.4 Å². The van der Waals surface area contributed by atoms with Gasteiger partial charge < -0.3 is 14.4 Å². The minimum atomic E-state index is -4.62. The van der Waals surface area contributed by atoms with Crippen LogP contribution in [0.2, 0.25) is 0 Å². The molecule has 0 aliphatic rings. The van der Waals surface area contributed by atoms with Crippen molar-refractivity contribution in [2.24, 2.45) is 0 Å². The van der Waals surface area contributed by atoms with Gasteiger partial charge in [-0.3, -0.25) is 0 Å². The lowest BCUT2D eigenvalue weighted by molar-refractivity contribution is -0.137. The van der Waals surface area contributed by atoms with E-state index >= 15 is 0 Å². The van der Waals surface area contributed by atoms with Crippen LogP contribution in [0, 0.1) is 0 Å². The molecule has 0 unspecified atom stereocenters.